The summed E-state index contributed by atoms with van der Waals surface area (Å²) in [5.74, 6) is -1.78. The van der Waals surface area contributed by atoms with E-state index >= 15 is 0 Å². The van der Waals surface area contributed by atoms with E-state index in [1.54, 1.807) is 20.8 Å². The second kappa shape index (κ2) is 9.47. The van der Waals surface area contributed by atoms with E-state index in [9.17, 15) is 18.7 Å². The molecule has 1 aliphatic rings. The van der Waals surface area contributed by atoms with Crippen LogP contribution >= 0.6 is 0 Å². The number of rotatable bonds is 5. The van der Waals surface area contributed by atoms with Gasteiger partial charge in [0.15, 0.2) is 0 Å². The van der Waals surface area contributed by atoms with Crippen molar-refractivity contribution in [1.29, 1.82) is 0 Å². The lowest BCUT2D eigenvalue weighted by Crippen LogP contribution is -2.31. The van der Waals surface area contributed by atoms with E-state index in [1.807, 2.05) is 0 Å². The van der Waals surface area contributed by atoms with E-state index in [2.05, 4.69) is 16.6 Å². The zero-order valence-electron chi connectivity index (χ0n) is 17.8. The minimum atomic E-state index is -1.35. The van der Waals surface area contributed by atoms with Gasteiger partial charge in [-0.25, -0.2) is 18.6 Å². The molecule has 3 atom stereocenters. The molecule has 1 aromatic carbocycles. The number of carbonyl (C=O) groups excluding carboxylic acids is 1. The van der Waals surface area contributed by atoms with Gasteiger partial charge < -0.3 is 15.6 Å². The van der Waals surface area contributed by atoms with Crippen molar-refractivity contribution < 1.29 is 23.4 Å². The maximum absolute atomic E-state index is 14.7. The van der Waals surface area contributed by atoms with Crippen molar-refractivity contribution in [3.05, 3.63) is 47.4 Å². The van der Waals surface area contributed by atoms with E-state index in [0.29, 0.717) is 24.1 Å². The third-order valence-corrected chi connectivity index (χ3v) is 4.81. The lowest BCUT2D eigenvalue weighted by atomic mass is 9.84. The molecule has 1 saturated carbocycles. The number of hydrogen-bond acceptors (Lipinski definition) is 5. The Kier molecular flexibility index (Phi) is 7.47. The third kappa shape index (κ3) is 5.95. The standard InChI is InChI=1S/C22H29F2N3O3/c1-12(13-7-9-18(28)17(24)10-13)27-19(20(25)26-5)14-6-8-15(16(23)11-14)21(29)30-22(2,3)4/h6,8,11,13,17-18,28H,1,7,9-10H2,2-5H3,(H2,25,26)/b27-19-/t13-,17-,18-/m1/s1. The normalized spacial score (nSPS) is 23.2. The molecule has 0 unspecified atom stereocenters. The number of ether oxygens (including phenoxy) is 1. The molecule has 0 aliphatic heterocycles. The molecule has 30 heavy (non-hydrogen) atoms. The van der Waals surface area contributed by atoms with Crippen molar-refractivity contribution in [1.82, 2.24) is 0 Å². The van der Waals surface area contributed by atoms with Gasteiger partial charge in [-0.15, -0.1) is 0 Å². The highest BCUT2D eigenvalue weighted by molar-refractivity contribution is 6.47. The second-order valence-corrected chi connectivity index (χ2v) is 8.35. The number of amidine groups is 1. The first-order chi connectivity index (χ1) is 13.9. The van der Waals surface area contributed by atoms with Crippen molar-refractivity contribution in [2.24, 2.45) is 21.6 Å². The maximum Gasteiger partial charge on any atom is 0.341 e. The molecule has 1 aliphatic carbocycles. The molecule has 1 fully saturated rings. The van der Waals surface area contributed by atoms with Crippen molar-refractivity contribution in [3.63, 3.8) is 0 Å². The van der Waals surface area contributed by atoms with Gasteiger partial charge in [0.1, 0.15) is 29.1 Å². The Balaban J connectivity index is 2.33. The smallest absolute Gasteiger partial charge is 0.341 e. The molecule has 0 amide bonds. The van der Waals surface area contributed by atoms with Crippen molar-refractivity contribution in [3.8, 4) is 0 Å². The summed E-state index contributed by atoms with van der Waals surface area (Å²) in [6, 6.07) is 3.93. The summed E-state index contributed by atoms with van der Waals surface area (Å²) in [6.45, 7) is 8.99. The summed E-state index contributed by atoms with van der Waals surface area (Å²) in [5, 5.41) is 9.58. The molecule has 0 saturated heterocycles. The van der Waals surface area contributed by atoms with Gasteiger partial charge in [-0.3, -0.25) is 4.99 Å². The van der Waals surface area contributed by atoms with Crippen molar-refractivity contribution in [2.75, 3.05) is 7.05 Å². The van der Waals surface area contributed by atoms with E-state index in [1.165, 1.54) is 19.2 Å². The van der Waals surface area contributed by atoms with Gasteiger partial charge in [-0.05, 0) is 52.2 Å². The molecule has 3 N–H and O–H groups in total. The Labute approximate surface area is 175 Å². The number of carbonyl (C=O) groups is 1. The summed E-state index contributed by atoms with van der Waals surface area (Å²) in [6.07, 6.45) is -1.37. The molecule has 0 spiro atoms. The van der Waals surface area contributed by atoms with Crippen LogP contribution in [0.1, 0.15) is 56.0 Å². The molecule has 2 rings (SSSR count). The average Bonchev–Trinajstić information content (AvgIpc) is 2.65. The first-order valence-corrected chi connectivity index (χ1v) is 9.78. The minimum absolute atomic E-state index is 0.0493. The number of hydrogen-bond donors (Lipinski definition) is 2. The van der Waals surface area contributed by atoms with Gasteiger partial charge in [-0.2, -0.15) is 0 Å². The molecular formula is C22H29F2N3O3. The predicted octanol–water partition coefficient (Wildman–Crippen LogP) is 3.57. The summed E-state index contributed by atoms with van der Waals surface area (Å²) in [5.41, 5.74) is 5.85. The Hall–Kier alpha value is -2.61. The van der Waals surface area contributed by atoms with Gasteiger partial charge >= 0.3 is 5.97 Å². The Morgan fingerprint density at radius 2 is 2.00 bits per heavy atom. The summed E-state index contributed by atoms with van der Waals surface area (Å²) >= 11 is 0. The molecule has 0 radical (unpaired) electrons. The van der Waals surface area contributed by atoms with Crippen LogP contribution in [0.25, 0.3) is 0 Å². The van der Waals surface area contributed by atoms with E-state index < -0.39 is 29.7 Å². The molecule has 8 heteroatoms. The number of aliphatic hydroxyl groups excluding tert-OH is 1. The highest BCUT2D eigenvalue weighted by Gasteiger charge is 2.31. The topological polar surface area (TPSA) is 97.3 Å². The van der Waals surface area contributed by atoms with Gasteiger partial charge in [0.2, 0.25) is 0 Å². The fourth-order valence-electron chi connectivity index (χ4n) is 3.17. The van der Waals surface area contributed by atoms with Crippen LogP contribution in [0.2, 0.25) is 0 Å². The fourth-order valence-corrected chi connectivity index (χ4v) is 3.17. The number of allylic oxidation sites excluding steroid dienone is 1. The third-order valence-electron chi connectivity index (χ3n) is 4.81. The molecular weight excluding hydrogens is 392 g/mol. The Bertz CT molecular complexity index is 875. The Morgan fingerprint density at radius 3 is 2.53 bits per heavy atom. The van der Waals surface area contributed by atoms with Gasteiger partial charge in [-0.1, -0.05) is 12.6 Å². The highest BCUT2D eigenvalue weighted by atomic mass is 19.1. The van der Waals surface area contributed by atoms with Gasteiger partial charge in [0, 0.05) is 24.2 Å². The number of nitrogens with zero attached hydrogens (tertiary/aromatic N) is 2. The molecule has 0 heterocycles. The van der Waals surface area contributed by atoms with Gasteiger partial charge in [0.25, 0.3) is 0 Å². The first kappa shape index (κ1) is 23.7. The van der Waals surface area contributed by atoms with Crippen LogP contribution in [0.5, 0.6) is 0 Å². The lowest BCUT2D eigenvalue weighted by Gasteiger charge is -2.28. The number of benzene rings is 1. The summed E-state index contributed by atoms with van der Waals surface area (Å²) < 4.78 is 33.7. The summed E-state index contributed by atoms with van der Waals surface area (Å²) in [4.78, 5) is 20.5. The molecule has 6 nitrogen and oxygen atoms in total. The second-order valence-electron chi connectivity index (χ2n) is 8.35. The van der Waals surface area contributed by atoms with Crippen LogP contribution in [0.4, 0.5) is 8.78 Å². The quantitative estimate of drug-likeness (QED) is 0.431. The zero-order valence-corrected chi connectivity index (χ0v) is 17.8. The monoisotopic (exact) mass is 421 g/mol. The van der Waals surface area contributed by atoms with Crippen LogP contribution in [0, 0.1) is 11.7 Å². The fraction of sp³-hybridized carbons (Fsp3) is 0.500. The van der Waals surface area contributed by atoms with Gasteiger partial charge in [0.05, 0.1) is 11.7 Å². The van der Waals surface area contributed by atoms with Crippen LogP contribution in [0.15, 0.2) is 40.5 Å². The van der Waals surface area contributed by atoms with E-state index in [0.717, 1.165) is 6.07 Å². The molecule has 1 aromatic rings. The SMILES string of the molecule is C=C(/N=C(\C(N)=N/C)c1ccc(C(=O)OC(C)(C)C)c(F)c1)[C@@H]1CC[C@@H](O)[C@H](F)C1. The predicted molar refractivity (Wildman–Crippen MR) is 113 cm³/mol. The van der Waals surface area contributed by atoms with Crippen LogP contribution in [-0.4, -0.2) is 47.5 Å². The molecule has 0 aromatic heterocycles. The minimum Gasteiger partial charge on any atom is -0.456 e. The number of halogens is 2. The van der Waals surface area contributed by atoms with Crippen LogP contribution in [0.3, 0.4) is 0 Å². The average molecular weight is 421 g/mol. The van der Waals surface area contributed by atoms with Crippen molar-refractivity contribution >= 4 is 17.5 Å². The van der Waals surface area contributed by atoms with E-state index in [-0.39, 0.29) is 29.4 Å². The van der Waals surface area contributed by atoms with Crippen LogP contribution < -0.4 is 5.73 Å². The molecule has 164 valence electrons. The summed E-state index contributed by atoms with van der Waals surface area (Å²) in [7, 11) is 1.47. The lowest BCUT2D eigenvalue weighted by molar-refractivity contribution is 0.00647. The number of alkyl halides is 1. The maximum atomic E-state index is 14.7. The number of aliphatic hydroxyl groups is 1. The number of aliphatic imine (C=N–C) groups is 2. The Morgan fingerprint density at radius 1 is 1.33 bits per heavy atom. The largest absolute Gasteiger partial charge is 0.456 e. The number of nitrogens with two attached hydrogens (primary N) is 1. The number of esters is 1. The highest BCUT2D eigenvalue weighted by Crippen LogP contribution is 2.32. The van der Waals surface area contributed by atoms with Crippen molar-refractivity contribution in [2.45, 2.75) is 57.9 Å². The van der Waals surface area contributed by atoms with Crippen LogP contribution in [-0.2, 0) is 4.74 Å². The first-order valence-electron chi connectivity index (χ1n) is 9.78. The molecule has 0 bridgehead atoms. The van der Waals surface area contributed by atoms with E-state index in [4.69, 9.17) is 10.5 Å². The zero-order chi connectivity index (χ0) is 22.6.